The molecule has 0 aliphatic heterocycles. The number of aromatic nitrogens is 1. The summed E-state index contributed by atoms with van der Waals surface area (Å²) in [5.41, 5.74) is 3.51. The van der Waals surface area contributed by atoms with Gasteiger partial charge in [0.1, 0.15) is 10.0 Å². The second kappa shape index (κ2) is 6.49. The van der Waals surface area contributed by atoms with Crippen LogP contribution in [-0.4, -0.2) is 28.4 Å². The van der Waals surface area contributed by atoms with Gasteiger partial charge in [-0.3, -0.25) is 4.79 Å². The Kier molecular flexibility index (Phi) is 4.46. The molecule has 0 unspecified atom stereocenters. The number of amides is 1. The van der Waals surface area contributed by atoms with E-state index in [0.717, 1.165) is 16.7 Å². The van der Waals surface area contributed by atoms with Crippen molar-refractivity contribution in [1.29, 1.82) is 0 Å². The first kappa shape index (κ1) is 17.2. The van der Waals surface area contributed by atoms with Gasteiger partial charge in [0, 0.05) is 7.05 Å². The predicted octanol–water partition coefficient (Wildman–Crippen LogP) is 5.02. The van der Waals surface area contributed by atoms with Crippen molar-refractivity contribution in [3.05, 3.63) is 56.5 Å². The molecular formula is C17H14Cl3N3OS. The van der Waals surface area contributed by atoms with E-state index in [4.69, 9.17) is 35.0 Å². The summed E-state index contributed by atoms with van der Waals surface area (Å²) in [7, 11) is 1.81. The number of benzene rings is 1. The van der Waals surface area contributed by atoms with Crippen molar-refractivity contribution < 1.29 is 4.79 Å². The van der Waals surface area contributed by atoms with Crippen LogP contribution in [0.4, 0.5) is 0 Å². The number of hydrogen-bond acceptors (Lipinski definition) is 3. The number of carbonyl (C=O) groups is 1. The van der Waals surface area contributed by atoms with E-state index in [9.17, 15) is 4.79 Å². The Labute approximate surface area is 163 Å². The molecule has 0 fully saturated rings. The summed E-state index contributed by atoms with van der Waals surface area (Å²) in [4.78, 5) is 15.8. The van der Waals surface area contributed by atoms with Gasteiger partial charge in [0.2, 0.25) is 0 Å². The van der Waals surface area contributed by atoms with Gasteiger partial charge < -0.3 is 10.3 Å². The second-order valence-electron chi connectivity index (χ2n) is 6.06. The Bertz CT molecular complexity index is 965. The van der Waals surface area contributed by atoms with E-state index in [2.05, 4.69) is 22.4 Å². The molecule has 130 valence electrons. The fourth-order valence-electron chi connectivity index (χ4n) is 3.43. The average Bonchev–Trinajstić information content (AvgIpc) is 3.21. The van der Waals surface area contributed by atoms with Gasteiger partial charge in [0.15, 0.2) is 0 Å². The fraction of sp³-hybridized carbons (Fsp3) is 0.235. The summed E-state index contributed by atoms with van der Waals surface area (Å²) in [6.07, 6.45) is 0.741. The molecule has 1 aliphatic carbocycles. The molecule has 0 radical (unpaired) electrons. The zero-order valence-corrected chi connectivity index (χ0v) is 16.2. The highest BCUT2D eigenvalue weighted by atomic mass is 35.5. The van der Waals surface area contributed by atoms with Crippen molar-refractivity contribution in [1.82, 2.24) is 14.7 Å². The Balaban J connectivity index is 1.59. The van der Waals surface area contributed by atoms with Crippen LogP contribution in [0.15, 0.2) is 30.3 Å². The van der Waals surface area contributed by atoms with Crippen molar-refractivity contribution in [3.63, 3.8) is 0 Å². The minimum absolute atomic E-state index is 0.0732. The van der Waals surface area contributed by atoms with Crippen LogP contribution in [0, 0.1) is 0 Å². The van der Waals surface area contributed by atoms with Crippen molar-refractivity contribution in [2.45, 2.75) is 18.5 Å². The third kappa shape index (κ3) is 2.94. The largest absolute Gasteiger partial charge is 0.349 e. The number of hydrogen-bond donors (Lipinski definition) is 2. The Morgan fingerprint density at radius 1 is 1.36 bits per heavy atom. The molecule has 4 nitrogen and oxygen atoms in total. The SMILES string of the molecule is CN(Cl)[C@@H]1c2ccccc2C[C@H]1NC(=O)c1cc2sc(Cl)c(Cl)c2[nH]1. The number of H-pyrrole nitrogens is 1. The lowest BCUT2D eigenvalue weighted by molar-refractivity contribution is 0.0919. The van der Waals surface area contributed by atoms with Crippen molar-refractivity contribution in [2.75, 3.05) is 7.05 Å². The molecule has 1 amide bonds. The number of likely N-dealkylation sites (N-methyl/N-ethyl adjacent to an activating group) is 1. The number of fused-ring (bicyclic) bond motifs is 2. The van der Waals surface area contributed by atoms with Gasteiger partial charge in [-0.2, -0.15) is 0 Å². The lowest BCUT2D eigenvalue weighted by Crippen LogP contribution is -2.41. The van der Waals surface area contributed by atoms with Crippen LogP contribution < -0.4 is 5.32 Å². The van der Waals surface area contributed by atoms with Gasteiger partial charge in [-0.05, 0) is 35.4 Å². The van der Waals surface area contributed by atoms with Gasteiger partial charge >= 0.3 is 0 Å². The van der Waals surface area contributed by atoms with Gasteiger partial charge in [-0.25, -0.2) is 4.42 Å². The molecule has 2 N–H and O–H groups in total. The van der Waals surface area contributed by atoms with Crippen molar-refractivity contribution in [2.24, 2.45) is 0 Å². The van der Waals surface area contributed by atoms with E-state index >= 15 is 0 Å². The summed E-state index contributed by atoms with van der Waals surface area (Å²) >= 11 is 19.8. The van der Waals surface area contributed by atoms with Gasteiger partial charge in [0.25, 0.3) is 5.91 Å². The summed E-state index contributed by atoms with van der Waals surface area (Å²) in [5.74, 6) is -0.183. The first-order valence-corrected chi connectivity index (χ1v) is 9.60. The van der Waals surface area contributed by atoms with Gasteiger partial charge in [-0.15, -0.1) is 11.3 Å². The highest BCUT2D eigenvalue weighted by Crippen LogP contribution is 2.39. The molecule has 8 heteroatoms. The molecule has 2 aromatic heterocycles. The van der Waals surface area contributed by atoms with Crippen molar-refractivity contribution in [3.8, 4) is 0 Å². The van der Waals surface area contributed by atoms with Gasteiger partial charge in [0.05, 0.1) is 27.3 Å². The summed E-state index contributed by atoms with van der Waals surface area (Å²) in [6.45, 7) is 0. The second-order valence-corrected chi connectivity index (χ2v) is 8.63. The monoisotopic (exact) mass is 413 g/mol. The molecule has 25 heavy (non-hydrogen) atoms. The lowest BCUT2D eigenvalue weighted by atomic mass is 10.1. The molecule has 0 saturated carbocycles. The van der Waals surface area contributed by atoms with E-state index in [1.54, 1.807) is 17.5 Å². The zero-order chi connectivity index (χ0) is 17.7. The van der Waals surface area contributed by atoms with E-state index < -0.39 is 0 Å². The van der Waals surface area contributed by atoms with Crippen LogP contribution in [0.3, 0.4) is 0 Å². The highest BCUT2D eigenvalue weighted by Gasteiger charge is 2.36. The van der Waals surface area contributed by atoms with Crippen LogP contribution >= 0.6 is 46.3 Å². The Hall–Kier alpha value is -1.24. The lowest BCUT2D eigenvalue weighted by Gasteiger charge is -2.25. The maximum Gasteiger partial charge on any atom is 0.268 e. The molecule has 2 atom stereocenters. The van der Waals surface area contributed by atoms with Crippen LogP contribution in [0.1, 0.15) is 27.7 Å². The smallest absolute Gasteiger partial charge is 0.268 e. The fourth-order valence-corrected chi connectivity index (χ4v) is 5.15. The van der Waals surface area contributed by atoms with E-state index in [1.807, 2.05) is 12.1 Å². The predicted molar refractivity (Wildman–Crippen MR) is 104 cm³/mol. The normalized spacial score (nSPS) is 19.6. The van der Waals surface area contributed by atoms with Crippen LogP contribution in [0.25, 0.3) is 10.2 Å². The van der Waals surface area contributed by atoms with Crippen LogP contribution in [0.2, 0.25) is 9.36 Å². The highest BCUT2D eigenvalue weighted by molar-refractivity contribution is 7.23. The number of nitrogens with one attached hydrogen (secondary N) is 2. The van der Waals surface area contributed by atoms with Gasteiger partial charge in [-0.1, -0.05) is 47.5 Å². The summed E-state index contributed by atoms with van der Waals surface area (Å²) < 4.78 is 3.01. The Morgan fingerprint density at radius 3 is 2.84 bits per heavy atom. The number of rotatable bonds is 3. The van der Waals surface area contributed by atoms with E-state index in [1.165, 1.54) is 16.9 Å². The molecule has 1 aromatic carbocycles. The topological polar surface area (TPSA) is 48.1 Å². The number of nitrogens with zero attached hydrogens (tertiary/aromatic N) is 1. The Morgan fingerprint density at radius 2 is 2.12 bits per heavy atom. The average molecular weight is 415 g/mol. The molecule has 1 aliphatic rings. The maximum absolute atomic E-state index is 12.7. The van der Waals surface area contributed by atoms with E-state index in [0.29, 0.717) is 20.6 Å². The maximum atomic E-state index is 12.7. The zero-order valence-electron chi connectivity index (χ0n) is 13.1. The molecule has 0 bridgehead atoms. The molecular weight excluding hydrogens is 401 g/mol. The summed E-state index contributed by atoms with van der Waals surface area (Å²) in [6, 6.07) is 9.71. The van der Waals surface area contributed by atoms with Crippen LogP contribution in [0.5, 0.6) is 0 Å². The third-order valence-corrected chi connectivity index (χ3v) is 6.65. The molecule has 0 saturated heterocycles. The number of aromatic amines is 1. The standard InChI is InChI=1S/C17H14Cl3N3OS/c1-23(20)15-9-5-3-2-4-8(9)6-10(15)22-17(24)11-7-12-14(21-11)13(18)16(19)25-12/h2-5,7,10,15,21H,6H2,1H3,(H,22,24)/t10-,15-/m1/s1. The number of halogens is 3. The minimum Gasteiger partial charge on any atom is -0.349 e. The minimum atomic E-state index is -0.183. The number of carbonyl (C=O) groups excluding carboxylic acids is 1. The molecule has 3 aromatic rings. The first-order valence-electron chi connectivity index (χ1n) is 7.69. The third-order valence-electron chi connectivity index (χ3n) is 4.51. The molecule has 2 heterocycles. The molecule has 4 rings (SSSR count). The summed E-state index contributed by atoms with van der Waals surface area (Å²) in [5, 5.41) is 3.54. The van der Waals surface area contributed by atoms with Crippen LogP contribution in [-0.2, 0) is 6.42 Å². The van der Waals surface area contributed by atoms with E-state index in [-0.39, 0.29) is 18.0 Å². The number of thiophene rings is 1. The quantitative estimate of drug-likeness (QED) is 0.591. The molecule has 0 spiro atoms. The first-order chi connectivity index (χ1) is 12.0. The van der Waals surface area contributed by atoms with Crippen molar-refractivity contribution >= 4 is 62.4 Å².